The molecule has 288 valence electrons. The molecule has 0 aromatic heterocycles. The van der Waals surface area contributed by atoms with Gasteiger partial charge in [-0.1, -0.05) is 132 Å². The van der Waals surface area contributed by atoms with Gasteiger partial charge in [-0.25, -0.2) is 4.57 Å². The number of phosphoric ester groups is 1. The molecule has 0 aliphatic rings. The Morgan fingerprint density at radius 2 is 0.900 bits per heavy atom. The van der Waals surface area contributed by atoms with Crippen molar-refractivity contribution in [1.29, 1.82) is 0 Å². The zero-order chi connectivity index (χ0) is 36.8. The quantitative estimate of drug-likeness (QED) is 0.0287. The fourth-order valence-corrected chi connectivity index (χ4v) is 5.42. The van der Waals surface area contributed by atoms with Crippen LogP contribution in [0.5, 0.6) is 0 Å². The average Bonchev–Trinajstić information content (AvgIpc) is 3.08. The van der Waals surface area contributed by atoms with E-state index in [-0.39, 0.29) is 19.4 Å². The molecule has 1 atom stereocenters. The molecule has 0 saturated carbocycles. The number of allylic oxidation sites excluding steroid dienone is 10. The van der Waals surface area contributed by atoms with Gasteiger partial charge in [0.2, 0.25) is 0 Å². The molecule has 0 aliphatic heterocycles. The molecule has 0 unspecified atom stereocenters. The van der Waals surface area contributed by atoms with Crippen LogP contribution >= 0.6 is 7.82 Å². The van der Waals surface area contributed by atoms with Crippen LogP contribution in [0.4, 0.5) is 0 Å². The zero-order valence-corrected chi connectivity index (χ0v) is 32.4. The van der Waals surface area contributed by atoms with E-state index in [9.17, 15) is 14.2 Å². The van der Waals surface area contributed by atoms with Gasteiger partial charge in [0.15, 0.2) is 6.10 Å². The number of unbranched alkanes of at least 4 members (excludes halogenated alkanes) is 15. The van der Waals surface area contributed by atoms with Gasteiger partial charge in [-0.2, -0.15) is 0 Å². The van der Waals surface area contributed by atoms with Crippen molar-refractivity contribution >= 4 is 19.8 Å². The van der Waals surface area contributed by atoms with Crippen LogP contribution in [0.15, 0.2) is 60.8 Å². The molecule has 0 bridgehead atoms. The van der Waals surface area contributed by atoms with Crippen LogP contribution in [0.1, 0.15) is 168 Å². The van der Waals surface area contributed by atoms with Crippen LogP contribution < -0.4 is 0 Å². The summed E-state index contributed by atoms with van der Waals surface area (Å²) in [6.07, 6.45) is 45.0. The highest BCUT2D eigenvalue weighted by Crippen LogP contribution is 2.36. The molecular weight excluding hydrogens is 651 g/mol. The number of phosphoric acid groups is 1. The lowest BCUT2D eigenvalue weighted by Crippen LogP contribution is -2.29. The first-order chi connectivity index (χ1) is 24.3. The first-order valence-electron chi connectivity index (χ1n) is 19.6. The van der Waals surface area contributed by atoms with Gasteiger partial charge in [-0.15, -0.1) is 0 Å². The minimum Gasteiger partial charge on any atom is -0.462 e. The highest BCUT2D eigenvalue weighted by Gasteiger charge is 2.22. The third-order valence-corrected chi connectivity index (χ3v) is 8.49. The van der Waals surface area contributed by atoms with Gasteiger partial charge in [0.1, 0.15) is 6.61 Å². The zero-order valence-electron chi connectivity index (χ0n) is 31.5. The van der Waals surface area contributed by atoms with Crippen LogP contribution in [0, 0.1) is 0 Å². The van der Waals surface area contributed by atoms with Crippen molar-refractivity contribution in [3.05, 3.63) is 60.8 Å². The first kappa shape index (κ1) is 47.8. The molecule has 0 saturated heterocycles. The Morgan fingerprint density at radius 3 is 1.34 bits per heavy atom. The van der Waals surface area contributed by atoms with Gasteiger partial charge in [0.25, 0.3) is 0 Å². The van der Waals surface area contributed by atoms with Crippen molar-refractivity contribution in [2.24, 2.45) is 0 Å². The lowest BCUT2D eigenvalue weighted by atomic mass is 10.1. The van der Waals surface area contributed by atoms with Crippen molar-refractivity contribution < 1.29 is 37.9 Å². The molecule has 0 rings (SSSR count). The molecule has 8 nitrogen and oxygen atoms in total. The predicted molar refractivity (Wildman–Crippen MR) is 207 cm³/mol. The monoisotopic (exact) mass is 722 g/mol. The van der Waals surface area contributed by atoms with E-state index in [1.807, 2.05) is 0 Å². The summed E-state index contributed by atoms with van der Waals surface area (Å²) < 4.78 is 26.3. The Labute approximate surface area is 305 Å². The topological polar surface area (TPSA) is 119 Å². The third kappa shape index (κ3) is 38.6. The summed E-state index contributed by atoms with van der Waals surface area (Å²) in [5.74, 6) is -0.931. The maximum atomic E-state index is 12.4. The fraction of sp³-hybridized carbons (Fsp3) is 0.707. The smallest absolute Gasteiger partial charge is 0.462 e. The van der Waals surface area contributed by atoms with Gasteiger partial charge in [-0.05, 0) is 83.5 Å². The molecule has 0 amide bonds. The van der Waals surface area contributed by atoms with Crippen molar-refractivity contribution in [1.82, 2.24) is 0 Å². The van der Waals surface area contributed by atoms with Gasteiger partial charge < -0.3 is 19.3 Å². The van der Waals surface area contributed by atoms with Gasteiger partial charge in [0.05, 0.1) is 6.61 Å². The Kier molecular flexibility index (Phi) is 34.9. The molecule has 9 heteroatoms. The number of hydrogen-bond acceptors (Lipinski definition) is 6. The van der Waals surface area contributed by atoms with Gasteiger partial charge >= 0.3 is 19.8 Å². The number of carbonyl (C=O) groups excluding carboxylic acids is 2. The van der Waals surface area contributed by atoms with E-state index in [1.54, 1.807) is 0 Å². The second-order valence-electron chi connectivity index (χ2n) is 12.9. The molecule has 0 aliphatic carbocycles. The molecule has 0 spiro atoms. The molecule has 0 radical (unpaired) electrons. The number of carbonyl (C=O) groups is 2. The fourth-order valence-electron chi connectivity index (χ4n) is 5.06. The lowest BCUT2D eigenvalue weighted by Gasteiger charge is -2.18. The summed E-state index contributed by atoms with van der Waals surface area (Å²) >= 11 is 0. The van der Waals surface area contributed by atoms with E-state index < -0.39 is 32.5 Å². The lowest BCUT2D eigenvalue weighted by molar-refractivity contribution is -0.161. The van der Waals surface area contributed by atoms with Crippen LogP contribution in [-0.4, -0.2) is 41.0 Å². The highest BCUT2D eigenvalue weighted by atomic mass is 31.2. The maximum Gasteiger partial charge on any atom is 0.469 e. The van der Waals surface area contributed by atoms with Crippen molar-refractivity contribution in [3.63, 3.8) is 0 Å². The van der Waals surface area contributed by atoms with Crippen molar-refractivity contribution in [3.8, 4) is 0 Å². The van der Waals surface area contributed by atoms with E-state index in [4.69, 9.17) is 19.3 Å². The SMILES string of the molecule is CCCCC/C=C\C/C=C\C/C=C\CCCCCCC(=O)OC[C@H](COP(=O)(O)O)OC(=O)CCCCCCC/C=C\C/C=C\CCCCC. The van der Waals surface area contributed by atoms with Crippen LogP contribution in [0.3, 0.4) is 0 Å². The van der Waals surface area contributed by atoms with Gasteiger partial charge in [-0.3, -0.25) is 14.1 Å². The minimum absolute atomic E-state index is 0.188. The van der Waals surface area contributed by atoms with E-state index in [2.05, 4.69) is 79.1 Å². The number of esters is 2. The van der Waals surface area contributed by atoms with Crippen molar-refractivity contribution in [2.75, 3.05) is 13.2 Å². The molecule has 0 fully saturated rings. The van der Waals surface area contributed by atoms with Crippen LogP contribution in [-0.2, 0) is 28.2 Å². The molecule has 0 heterocycles. The van der Waals surface area contributed by atoms with Crippen LogP contribution in [0.25, 0.3) is 0 Å². The summed E-state index contributed by atoms with van der Waals surface area (Å²) in [6, 6.07) is 0. The Bertz CT molecular complexity index is 995. The number of ether oxygens (including phenoxy) is 2. The molecule has 0 aromatic carbocycles. The highest BCUT2D eigenvalue weighted by molar-refractivity contribution is 7.46. The van der Waals surface area contributed by atoms with Gasteiger partial charge in [0, 0.05) is 12.8 Å². The third-order valence-electron chi connectivity index (χ3n) is 8.01. The Morgan fingerprint density at radius 1 is 0.520 bits per heavy atom. The second kappa shape index (κ2) is 36.5. The molecule has 2 N–H and O–H groups in total. The summed E-state index contributed by atoms with van der Waals surface area (Å²) in [4.78, 5) is 42.7. The van der Waals surface area contributed by atoms with E-state index in [0.717, 1.165) is 77.0 Å². The molecule has 0 aromatic rings. The largest absolute Gasteiger partial charge is 0.469 e. The Balaban J connectivity index is 4.04. The molecule has 50 heavy (non-hydrogen) atoms. The minimum atomic E-state index is -4.76. The van der Waals surface area contributed by atoms with E-state index in [1.165, 1.54) is 51.4 Å². The van der Waals surface area contributed by atoms with Crippen molar-refractivity contribution in [2.45, 2.75) is 174 Å². The Hall–Kier alpha value is -2.25. The normalized spacial score (nSPS) is 13.1. The van der Waals surface area contributed by atoms with Crippen LogP contribution in [0.2, 0.25) is 0 Å². The summed E-state index contributed by atoms with van der Waals surface area (Å²) in [6.45, 7) is 3.58. The van der Waals surface area contributed by atoms with E-state index in [0.29, 0.717) is 12.8 Å². The first-order valence-corrected chi connectivity index (χ1v) is 21.1. The average molecular weight is 723 g/mol. The maximum absolute atomic E-state index is 12.4. The summed E-state index contributed by atoms with van der Waals surface area (Å²) in [7, 11) is -4.76. The standard InChI is InChI=1S/C41H71O8P/c1-3-5-7-9-11-13-15-17-19-20-22-23-25-27-29-31-33-35-40(42)47-37-39(38-48-50(44,45)46)49-41(43)36-34-32-30-28-26-24-21-18-16-14-12-10-8-6-4-2/h11-14,17-19,21-23,39H,3-10,15-16,20,24-38H2,1-2H3,(H2,44,45,46)/b13-11-,14-12-,19-17-,21-18-,23-22-/t39-/m1/s1. The number of hydrogen-bond donors (Lipinski definition) is 2. The molecular formula is C41H71O8P. The predicted octanol–water partition coefficient (Wildman–Crippen LogP) is 11.7. The summed E-state index contributed by atoms with van der Waals surface area (Å²) in [5.41, 5.74) is 0. The summed E-state index contributed by atoms with van der Waals surface area (Å²) in [5, 5.41) is 0. The van der Waals surface area contributed by atoms with E-state index >= 15 is 0 Å². The second-order valence-corrected chi connectivity index (χ2v) is 14.1. The number of rotatable bonds is 35.